The molecule has 0 radical (unpaired) electrons. The third-order valence-corrected chi connectivity index (χ3v) is 11.0. The van der Waals surface area contributed by atoms with E-state index >= 15 is 0 Å². The first-order valence-corrected chi connectivity index (χ1v) is 12.1. The van der Waals surface area contributed by atoms with Crippen LogP contribution in [0, 0.1) is 32.8 Å². The highest BCUT2D eigenvalue weighted by Gasteiger charge is 2.69. The third kappa shape index (κ3) is 2.52. The van der Waals surface area contributed by atoms with E-state index < -0.39 is 16.4 Å². The van der Waals surface area contributed by atoms with Gasteiger partial charge >= 0.3 is 0 Å². The Bertz CT molecular complexity index is 1010. The van der Waals surface area contributed by atoms with Gasteiger partial charge in [-0.05, 0) is 30.6 Å². The molecule has 3 N–H and O–H groups in total. The van der Waals surface area contributed by atoms with Crippen molar-refractivity contribution in [3.05, 3.63) is 32.9 Å². The van der Waals surface area contributed by atoms with Crippen molar-refractivity contribution in [2.75, 3.05) is 0 Å². The van der Waals surface area contributed by atoms with Gasteiger partial charge in [0.05, 0.1) is 4.92 Å². The van der Waals surface area contributed by atoms with E-state index in [4.69, 9.17) is 10.5 Å². The van der Waals surface area contributed by atoms with Crippen molar-refractivity contribution in [3.8, 4) is 5.75 Å². The summed E-state index contributed by atoms with van der Waals surface area (Å²) in [5.74, 6) is 0.952. The zero-order chi connectivity index (χ0) is 22.5. The molecule has 168 valence electrons. The zero-order valence-corrected chi connectivity index (χ0v) is 20.0. The standard InChI is InChI=1S/C23H30BrN3O4/c1-11-5-6-16-21(2,3)19(24)14(25)9-23(16)22(11,4)8-12-7-15(27(29)30)17-13(18(12)31-23)10-26-20(17)28/h7,11,14,16,19H,5-6,8-10,25H2,1-4H3,(H,26,28)/t11-,14+,16-,19-,22+,23-/m0/s1. The van der Waals surface area contributed by atoms with E-state index in [2.05, 4.69) is 48.9 Å². The van der Waals surface area contributed by atoms with Gasteiger partial charge in [-0.2, -0.15) is 0 Å². The first-order chi connectivity index (χ1) is 14.4. The van der Waals surface area contributed by atoms with Gasteiger partial charge in [0.25, 0.3) is 11.6 Å². The zero-order valence-electron chi connectivity index (χ0n) is 18.5. The fourth-order valence-corrected chi connectivity index (χ4v) is 7.81. The third-order valence-electron chi connectivity index (χ3n) is 9.16. The van der Waals surface area contributed by atoms with Crippen LogP contribution in [0.2, 0.25) is 0 Å². The monoisotopic (exact) mass is 491 g/mol. The largest absolute Gasteiger partial charge is 0.486 e. The van der Waals surface area contributed by atoms with Crippen molar-refractivity contribution in [2.45, 2.75) is 76.4 Å². The molecule has 4 aliphatic rings. The summed E-state index contributed by atoms with van der Waals surface area (Å²) in [5, 5.41) is 14.5. The number of nitrogens with two attached hydrogens (primary N) is 1. The van der Waals surface area contributed by atoms with Crippen molar-refractivity contribution < 1.29 is 14.5 Å². The first-order valence-electron chi connectivity index (χ1n) is 11.1. The number of hydrogen-bond acceptors (Lipinski definition) is 5. The summed E-state index contributed by atoms with van der Waals surface area (Å²) in [7, 11) is 0. The number of carbonyl (C=O) groups is 1. The second-order valence-electron chi connectivity index (χ2n) is 10.9. The number of benzene rings is 1. The quantitative estimate of drug-likeness (QED) is 0.349. The van der Waals surface area contributed by atoms with Crippen LogP contribution < -0.4 is 15.8 Å². The van der Waals surface area contributed by atoms with E-state index in [9.17, 15) is 14.9 Å². The lowest BCUT2D eigenvalue weighted by molar-refractivity contribution is -0.385. The number of rotatable bonds is 1. The molecule has 2 heterocycles. The lowest BCUT2D eigenvalue weighted by atomic mass is 9.43. The molecule has 2 saturated carbocycles. The minimum atomic E-state index is -0.472. The van der Waals surface area contributed by atoms with Crippen molar-refractivity contribution in [3.63, 3.8) is 0 Å². The van der Waals surface area contributed by atoms with Crippen LogP contribution in [0.5, 0.6) is 5.75 Å². The smallest absolute Gasteiger partial charge is 0.283 e. The number of alkyl halides is 1. The van der Waals surface area contributed by atoms with Crippen molar-refractivity contribution in [1.82, 2.24) is 5.32 Å². The normalized spacial score (nSPS) is 40.0. The maximum atomic E-state index is 12.5. The number of nitrogens with zero attached hydrogens (tertiary/aromatic N) is 1. The molecule has 0 unspecified atom stereocenters. The number of nitrogens with one attached hydrogen (secondary N) is 1. The van der Waals surface area contributed by atoms with E-state index in [0.29, 0.717) is 23.7 Å². The van der Waals surface area contributed by atoms with Crippen LogP contribution in [0.15, 0.2) is 6.07 Å². The molecule has 1 aromatic rings. The topological polar surface area (TPSA) is 107 Å². The Labute approximate surface area is 190 Å². The highest BCUT2D eigenvalue weighted by atomic mass is 79.9. The van der Waals surface area contributed by atoms with Crippen LogP contribution in [0.4, 0.5) is 5.69 Å². The van der Waals surface area contributed by atoms with Crippen molar-refractivity contribution in [2.24, 2.45) is 28.4 Å². The fourth-order valence-electron chi connectivity index (χ4n) is 7.31. The van der Waals surface area contributed by atoms with Gasteiger partial charge in [0, 0.05) is 52.4 Å². The number of nitro groups is 1. The van der Waals surface area contributed by atoms with E-state index in [1.165, 1.54) is 0 Å². The number of fused-ring (bicyclic) bond motifs is 3. The molecule has 2 aliphatic heterocycles. The van der Waals surface area contributed by atoms with Crippen LogP contribution >= 0.6 is 15.9 Å². The maximum absolute atomic E-state index is 12.5. The average molecular weight is 492 g/mol. The highest BCUT2D eigenvalue weighted by Crippen LogP contribution is 2.67. The molecule has 7 nitrogen and oxygen atoms in total. The summed E-state index contributed by atoms with van der Waals surface area (Å²) in [6.45, 7) is 9.38. The van der Waals surface area contributed by atoms with Crippen molar-refractivity contribution in [1.29, 1.82) is 0 Å². The molecule has 0 saturated heterocycles. The number of ether oxygens (including phenoxy) is 1. The summed E-state index contributed by atoms with van der Waals surface area (Å²) in [5.41, 5.74) is 7.46. The summed E-state index contributed by atoms with van der Waals surface area (Å²) >= 11 is 3.89. The number of amides is 1. The van der Waals surface area contributed by atoms with Gasteiger partial charge in [0.2, 0.25) is 0 Å². The Morgan fingerprint density at radius 1 is 1.32 bits per heavy atom. The summed E-state index contributed by atoms with van der Waals surface area (Å²) in [4.78, 5) is 24.0. The fraction of sp³-hybridized carbons (Fsp3) is 0.696. The van der Waals surface area contributed by atoms with E-state index in [1.54, 1.807) is 6.07 Å². The number of carbonyl (C=O) groups excluding carboxylic acids is 1. The molecular formula is C23H30BrN3O4. The number of halogens is 1. The summed E-state index contributed by atoms with van der Waals surface area (Å²) < 4.78 is 7.07. The number of hydrogen-bond donors (Lipinski definition) is 2. The minimum absolute atomic E-state index is 0.0664. The molecule has 6 atom stereocenters. The molecule has 0 aromatic heterocycles. The minimum Gasteiger partial charge on any atom is -0.486 e. The Morgan fingerprint density at radius 2 is 2.03 bits per heavy atom. The van der Waals surface area contributed by atoms with E-state index in [0.717, 1.165) is 24.8 Å². The second-order valence-corrected chi connectivity index (χ2v) is 11.9. The predicted molar refractivity (Wildman–Crippen MR) is 120 cm³/mol. The van der Waals surface area contributed by atoms with Gasteiger partial charge in [-0.25, -0.2) is 0 Å². The maximum Gasteiger partial charge on any atom is 0.283 e. The molecule has 1 aromatic carbocycles. The van der Waals surface area contributed by atoms with Gasteiger partial charge < -0.3 is 15.8 Å². The van der Waals surface area contributed by atoms with Crippen LogP contribution in [0.25, 0.3) is 0 Å². The lowest BCUT2D eigenvalue weighted by Gasteiger charge is -2.68. The van der Waals surface area contributed by atoms with Gasteiger partial charge in [-0.3, -0.25) is 14.9 Å². The molecule has 5 rings (SSSR count). The number of nitro benzene ring substituents is 1. The predicted octanol–water partition coefficient (Wildman–Crippen LogP) is 4.09. The van der Waals surface area contributed by atoms with Crippen LogP contribution in [0.3, 0.4) is 0 Å². The average Bonchev–Trinajstić information content (AvgIpc) is 3.07. The Hall–Kier alpha value is -1.67. The van der Waals surface area contributed by atoms with Crippen LogP contribution in [-0.4, -0.2) is 27.3 Å². The van der Waals surface area contributed by atoms with Crippen LogP contribution in [0.1, 0.15) is 68.4 Å². The van der Waals surface area contributed by atoms with Gasteiger partial charge in [0.1, 0.15) is 16.9 Å². The Balaban J connectivity index is 1.75. The highest BCUT2D eigenvalue weighted by molar-refractivity contribution is 9.09. The van der Waals surface area contributed by atoms with Gasteiger partial charge in [-0.15, -0.1) is 0 Å². The Morgan fingerprint density at radius 3 is 2.71 bits per heavy atom. The van der Waals surface area contributed by atoms with E-state index in [-0.39, 0.29) is 45.4 Å². The van der Waals surface area contributed by atoms with Crippen LogP contribution in [-0.2, 0) is 13.0 Å². The molecule has 2 aliphatic carbocycles. The van der Waals surface area contributed by atoms with Crippen molar-refractivity contribution >= 4 is 27.5 Å². The SMILES string of the molecule is C[C@H]1CC[C@H]2C(C)(C)[C@@H](Br)[C@H](N)C[C@]23Oc2c(cc([N+](=O)[O-])c4c2CNC4=O)C[C@]13C. The summed E-state index contributed by atoms with van der Waals surface area (Å²) in [6.07, 6.45) is 3.57. The molecule has 2 fully saturated rings. The second kappa shape index (κ2) is 6.44. The summed E-state index contributed by atoms with van der Waals surface area (Å²) in [6, 6.07) is 1.51. The molecule has 31 heavy (non-hydrogen) atoms. The van der Waals surface area contributed by atoms with Gasteiger partial charge in [-0.1, -0.05) is 43.6 Å². The lowest BCUT2D eigenvalue weighted by Crippen LogP contribution is -2.73. The van der Waals surface area contributed by atoms with E-state index in [1.807, 2.05) is 0 Å². The Kier molecular flexibility index (Phi) is 4.40. The van der Waals surface area contributed by atoms with Gasteiger partial charge in [0.15, 0.2) is 0 Å². The molecule has 1 amide bonds. The first kappa shape index (κ1) is 21.2. The molecule has 0 bridgehead atoms. The molecule has 1 spiro atoms. The molecular weight excluding hydrogens is 462 g/mol. The molecule has 8 heteroatoms.